The van der Waals surface area contributed by atoms with Crippen molar-refractivity contribution in [3.05, 3.63) is 22.8 Å². The van der Waals surface area contributed by atoms with E-state index in [4.69, 9.17) is 0 Å². The fourth-order valence-corrected chi connectivity index (χ4v) is 2.77. The summed E-state index contributed by atoms with van der Waals surface area (Å²) < 4.78 is 1.05. The van der Waals surface area contributed by atoms with Gasteiger partial charge in [-0.1, -0.05) is 19.3 Å². The van der Waals surface area contributed by atoms with Crippen molar-refractivity contribution < 1.29 is 0 Å². The summed E-state index contributed by atoms with van der Waals surface area (Å²) in [6.45, 7) is 3.28. The second-order valence-corrected chi connectivity index (χ2v) is 5.33. The van der Waals surface area contributed by atoms with Crippen molar-refractivity contribution in [3.63, 3.8) is 0 Å². The lowest BCUT2D eigenvalue weighted by Gasteiger charge is -2.34. The molecule has 0 aliphatic heterocycles. The van der Waals surface area contributed by atoms with Crippen LogP contribution >= 0.6 is 15.9 Å². The molecule has 2 rings (SSSR count). The maximum Gasteiger partial charge on any atom is 0.128 e. The van der Waals surface area contributed by atoms with Gasteiger partial charge in [-0.3, -0.25) is 0 Å². The average molecular weight is 283 g/mol. The fourth-order valence-electron chi connectivity index (χ4n) is 2.54. The van der Waals surface area contributed by atoms with E-state index in [1.165, 1.54) is 32.1 Å². The van der Waals surface area contributed by atoms with Crippen molar-refractivity contribution in [1.82, 2.24) is 4.98 Å². The van der Waals surface area contributed by atoms with Crippen LogP contribution in [0.2, 0.25) is 0 Å². The summed E-state index contributed by atoms with van der Waals surface area (Å²) in [4.78, 5) is 6.95. The Balaban J connectivity index is 2.11. The van der Waals surface area contributed by atoms with Gasteiger partial charge in [0.2, 0.25) is 0 Å². The minimum absolute atomic E-state index is 0.701. The zero-order valence-electron chi connectivity index (χ0n) is 9.82. The van der Waals surface area contributed by atoms with Gasteiger partial charge >= 0.3 is 0 Å². The van der Waals surface area contributed by atoms with Crippen LogP contribution in [0.3, 0.4) is 0 Å². The molecule has 0 spiro atoms. The number of halogens is 1. The molecule has 1 fully saturated rings. The highest BCUT2D eigenvalue weighted by Crippen LogP contribution is 2.26. The molecule has 0 N–H and O–H groups in total. The van der Waals surface area contributed by atoms with Gasteiger partial charge in [-0.25, -0.2) is 4.98 Å². The lowest BCUT2D eigenvalue weighted by molar-refractivity contribution is 0.416. The summed E-state index contributed by atoms with van der Waals surface area (Å²) in [6, 6.07) is 4.89. The second-order valence-electron chi connectivity index (χ2n) is 4.41. The molecule has 88 valence electrons. The Morgan fingerprint density at radius 3 is 2.62 bits per heavy atom. The molecular formula is C13H19BrN2. The summed E-state index contributed by atoms with van der Waals surface area (Å²) in [5.74, 6) is 1.12. The van der Waals surface area contributed by atoms with E-state index >= 15 is 0 Å². The minimum Gasteiger partial charge on any atom is -0.354 e. The Labute approximate surface area is 106 Å². The van der Waals surface area contributed by atoms with E-state index in [1.807, 2.05) is 6.20 Å². The highest BCUT2D eigenvalue weighted by atomic mass is 79.9. The first-order valence-electron chi connectivity index (χ1n) is 6.19. The summed E-state index contributed by atoms with van der Waals surface area (Å²) in [6.07, 6.45) is 8.69. The molecule has 0 unspecified atom stereocenters. The number of aromatic nitrogens is 1. The third kappa shape index (κ3) is 2.76. The Morgan fingerprint density at radius 1 is 1.31 bits per heavy atom. The smallest absolute Gasteiger partial charge is 0.128 e. The van der Waals surface area contributed by atoms with Crippen LogP contribution in [0.15, 0.2) is 22.8 Å². The van der Waals surface area contributed by atoms with Crippen molar-refractivity contribution in [2.75, 3.05) is 11.4 Å². The summed E-state index contributed by atoms with van der Waals surface area (Å²) >= 11 is 3.43. The van der Waals surface area contributed by atoms with Gasteiger partial charge in [0.15, 0.2) is 0 Å². The first-order valence-corrected chi connectivity index (χ1v) is 6.98. The first-order chi connectivity index (χ1) is 7.81. The van der Waals surface area contributed by atoms with Gasteiger partial charge in [-0.2, -0.15) is 0 Å². The maximum absolute atomic E-state index is 4.50. The number of pyridine rings is 1. The van der Waals surface area contributed by atoms with Crippen molar-refractivity contribution >= 4 is 21.7 Å². The van der Waals surface area contributed by atoms with E-state index in [2.05, 4.69) is 44.9 Å². The van der Waals surface area contributed by atoms with Gasteiger partial charge in [0.25, 0.3) is 0 Å². The standard InChI is InChI=1S/C13H19BrN2/c1-2-16(12-6-4-3-5-7-12)13-9-8-11(14)10-15-13/h8-10,12H,2-7H2,1H3. The number of nitrogens with zero attached hydrogens (tertiary/aromatic N) is 2. The minimum atomic E-state index is 0.701. The van der Waals surface area contributed by atoms with Crippen LogP contribution in [-0.2, 0) is 0 Å². The van der Waals surface area contributed by atoms with Crippen molar-refractivity contribution in [3.8, 4) is 0 Å². The van der Waals surface area contributed by atoms with Crippen LogP contribution in [0.1, 0.15) is 39.0 Å². The monoisotopic (exact) mass is 282 g/mol. The molecule has 3 heteroatoms. The van der Waals surface area contributed by atoms with Crippen LogP contribution in [-0.4, -0.2) is 17.6 Å². The van der Waals surface area contributed by atoms with Crippen molar-refractivity contribution in [2.24, 2.45) is 0 Å². The molecule has 0 bridgehead atoms. The molecule has 0 radical (unpaired) electrons. The summed E-state index contributed by atoms with van der Waals surface area (Å²) in [5, 5.41) is 0. The van der Waals surface area contributed by atoms with Crippen LogP contribution in [0.25, 0.3) is 0 Å². The van der Waals surface area contributed by atoms with Crippen molar-refractivity contribution in [1.29, 1.82) is 0 Å². The SMILES string of the molecule is CCN(c1ccc(Br)cn1)C1CCCCC1. The number of hydrogen-bond acceptors (Lipinski definition) is 2. The number of rotatable bonds is 3. The van der Waals surface area contributed by atoms with E-state index in [0.29, 0.717) is 6.04 Å². The van der Waals surface area contributed by atoms with Crippen LogP contribution < -0.4 is 4.90 Å². The topological polar surface area (TPSA) is 16.1 Å². The van der Waals surface area contributed by atoms with Crippen LogP contribution in [0.5, 0.6) is 0 Å². The van der Waals surface area contributed by atoms with E-state index < -0.39 is 0 Å². The van der Waals surface area contributed by atoms with Gasteiger partial charge in [0.05, 0.1) is 0 Å². The fraction of sp³-hybridized carbons (Fsp3) is 0.615. The lowest BCUT2D eigenvalue weighted by atomic mass is 9.94. The Kier molecular flexibility index (Phi) is 4.22. The maximum atomic E-state index is 4.50. The zero-order chi connectivity index (χ0) is 11.4. The molecule has 1 aliphatic carbocycles. The summed E-state index contributed by atoms with van der Waals surface area (Å²) in [5.41, 5.74) is 0. The van der Waals surface area contributed by atoms with E-state index in [0.717, 1.165) is 16.8 Å². The Bertz CT molecular complexity index is 317. The largest absolute Gasteiger partial charge is 0.354 e. The van der Waals surface area contributed by atoms with E-state index in [1.54, 1.807) is 0 Å². The molecular weight excluding hydrogens is 264 g/mol. The highest BCUT2D eigenvalue weighted by molar-refractivity contribution is 9.10. The average Bonchev–Trinajstić information content (AvgIpc) is 2.34. The highest BCUT2D eigenvalue weighted by Gasteiger charge is 2.20. The van der Waals surface area contributed by atoms with Gasteiger partial charge in [-0.15, -0.1) is 0 Å². The molecule has 0 aromatic carbocycles. The number of hydrogen-bond donors (Lipinski definition) is 0. The van der Waals surface area contributed by atoms with Gasteiger partial charge in [0, 0.05) is 23.3 Å². The van der Waals surface area contributed by atoms with Crippen LogP contribution in [0.4, 0.5) is 5.82 Å². The van der Waals surface area contributed by atoms with Gasteiger partial charge in [0.1, 0.15) is 5.82 Å². The molecule has 16 heavy (non-hydrogen) atoms. The van der Waals surface area contributed by atoms with Gasteiger partial charge in [-0.05, 0) is 47.8 Å². The second kappa shape index (κ2) is 5.67. The third-order valence-corrected chi connectivity index (χ3v) is 3.83. The van der Waals surface area contributed by atoms with E-state index in [-0.39, 0.29) is 0 Å². The molecule has 2 nitrogen and oxygen atoms in total. The molecule has 0 saturated heterocycles. The Morgan fingerprint density at radius 2 is 2.06 bits per heavy atom. The van der Waals surface area contributed by atoms with Crippen LogP contribution in [0, 0.1) is 0 Å². The predicted molar refractivity (Wildman–Crippen MR) is 71.8 cm³/mol. The van der Waals surface area contributed by atoms with Crippen molar-refractivity contribution in [2.45, 2.75) is 45.1 Å². The quantitative estimate of drug-likeness (QED) is 0.833. The molecule has 1 aliphatic rings. The first kappa shape index (κ1) is 11.9. The molecule has 1 aromatic heterocycles. The normalized spacial score (nSPS) is 17.4. The molecule has 1 saturated carbocycles. The summed E-state index contributed by atoms with van der Waals surface area (Å²) in [7, 11) is 0. The molecule has 1 aromatic rings. The lowest BCUT2D eigenvalue weighted by Crippen LogP contribution is -2.37. The zero-order valence-corrected chi connectivity index (χ0v) is 11.4. The predicted octanol–water partition coefficient (Wildman–Crippen LogP) is 4.00. The van der Waals surface area contributed by atoms with Gasteiger partial charge < -0.3 is 4.90 Å². The molecule has 0 atom stereocenters. The Hall–Kier alpha value is -0.570. The number of anilines is 1. The molecule has 0 amide bonds. The van der Waals surface area contributed by atoms with E-state index in [9.17, 15) is 0 Å². The molecule has 1 heterocycles. The third-order valence-electron chi connectivity index (χ3n) is 3.36.